The van der Waals surface area contributed by atoms with Crippen LogP contribution in [0.4, 0.5) is 5.69 Å². The fraction of sp³-hybridized carbons (Fsp3) is 0.471. The molecule has 1 aromatic carbocycles. The number of aromatic hydroxyl groups is 1. The van der Waals surface area contributed by atoms with Crippen LogP contribution in [0.5, 0.6) is 11.5 Å². The molecule has 2 N–H and O–H groups in total. The van der Waals surface area contributed by atoms with Crippen molar-refractivity contribution in [2.45, 2.75) is 33.2 Å². The maximum absolute atomic E-state index is 11.3. The van der Waals surface area contributed by atoms with Crippen LogP contribution in [0.15, 0.2) is 12.1 Å². The number of phenolic OH excluding ortho intramolecular Hbond substituents is 1. The lowest BCUT2D eigenvalue weighted by molar-refractivity contribution is -0.385. The molecule has 8 heteroatoms. The number of ether oxygens (including phenoxy) is 1. The monoisotopic (exact) mass is 346 g/mol. The third-order valence-corrected chi connectivity index (χ3v) is 4.38. The molecule has 2 heterocycles. The number of aromatic nitrogens is 2. The molecule has 0 radical (unpaired) electrons. The maximum atomic E-state index is 11.3. The van der Waals surface area contributed by atoms with Gasteiger partial charge in [-0.05, 0) is 26.0 Å². The van der Waals surface area contributed by atoms with Crippen LogP contribution in [0, 0.1) is 10.1 Å². The van der Waals surface area contributed by atoms with E-state index in [4.69, 9.17) is 4.74 Å². The lowest BCUT2D eigenvalue weighted by atomic mass is 10.00. The Labute approximate surface area is 145 Å². The van der Waals surface area contributed by atoms with Crippen molar-refractivity contribution in [3.05, 3.63) is 33.5 Å². The molecule has 0 fully saturated rings. The van der Waals surface area contributed by atoms with E-state index in [0.29, 0.717) is 17.9 Å². The highest BCUT2D eigenvalue weighted by atomic mass is 16.6. The molecule has 1 aliphatic heterocycles. The number of fused-ring (bicyclic) bond motifs is 1. The Hall–Kier alpha value is -2.61. The lowest BCUT2D eigenvalue weighted by Crippen LogP contribution is -2.31. The first-order chi connectivity index (χ1) is 12.0. The molecule has 0 aliphatic carbocycles. The Morgan fingerprint density at radius 3 is 2.92 bits per heavy atom. The number of nitrogens with zero attached hydrogens (tertiary/aromatic N) is 3. The molecule has 0 saturated carbocycles. The van der Waals surface area contributed by atoms with E-state index in [1.54, 1.807) is 13.0 Å². The number of phenols is 1. The number of hydrogen-bond donors (Lipinski definition) is 2. The van der Waals surface area contributed by atoms with Crippen LogP contribution in [0.1, 0.15) is 31.5 Å². The van der Waals surface area contributed by atoms with Gasteiger partial charge in [0, 0.05) is 42.4 Å². The van der Waals surface area contributed by atoms with Gasteiger partial charge in [0.05, 0.1) is 17.2 Å². The number of H-pyrrole nitrogens is 1. The van der Waals surface area contributed by atoms with Gasteiger partial charge in [0.2, 0.25) is 5.75 Å². The van der Waals surface area contributed by atoms with Crippen molar-refractivity contribution < 1.29 is 14.8 Å². The van der Waals surface area contributed by atoms with Gasteiger partial charge < -0.3 is 9.84 Å². The molecule has 3 rings (SSSR count). The zero-order valence-corrected chi connectivity index (χ0v) is 14.4. The molecule has 2 aromatic rings. The second-order valence-electron chi connectivity index (χ2n) is 6.09. The molecule has 8 nitrogen and oxygen atoms in total. The number of nitro groups is 1. The fourth-order valence-electron chi connectivity index (χ4n) is 3.23. The van der Waals surface area contributed by atoms with Gasteiger partial charge in [-0.1, -0.05) is 6.92 Å². The first-order valence-electron chi connectivity index (χ1n) is 8.48. The summed E-state index contributed by atoms with van der Waals surface area (Å²) in [5, 5.41) is 28.8. The number of hydrogen-bond acceptors (Lipinski definition) is 6. The smallest absolute Gasteiger partial charge is 0.315 e. The number of nitro benzene ring substituents is 1. The predicted octanol–water partition coefficient (Wildman–Crippen LogP) is 2.86. The van der Waals surface area contributed by atoms with E-state index in [2.05, 4.69) is 22.0 Å². The summed E-state index contributed by atoms with van der Waals surface area (Å²) in [4.78, 5) is 13.0. The first kappa shape index (κ1) is 17.2. The van der Waals surface area contributed by atoms with Gasteiger partial charge in [0.25, 0.3) is 0 Å². The van der Waals surface area contributed by atoms with Crippen LogP contribution in [-0.4, -0.2) is 44.8 Å². The standard InChI is InChI=1S/C17H22N4O4/c1-3-6-20-7-5-13-12(10-20)16(19-18-13)11-8-14(21(23)24)17(22)15(9-11)25-4-2/h8-9,22H,3-7,10H2,1-2H3,(H,18,19). The summed E-state index contributed by atoms with van der Waals surface area (Å²) < 4.78 is 5.37. The third-order valence-electron chi connectivity index (χ3n) is 4.38. The van der Waals surface area contributed by atoms with Crippen LogP contribution >= 0.6 is 0 Å². The molecule has 1 aliphatic rings. The Bertz CT molecular complexity index is 787. The Balaban J connectivity index is 2.06. The fourth-order valence-corrected chi connectivity index (χ4v) is 3.23. The number of rotatable bonds is 6. The van der Waals surface area contributed by atoms with Crippen LogP contribution in [0.25, 0.3) is 11.3 Å². The largest absolute Gasteiger partial charge is 0.500 e. The summed E-state index contributed by atoms with van der Waals surface area (Å²) >= 11 is 0. The Kier molecular flexibility index (Phi) is 4.89. The van der Waals surface area contributed by atoms with Gasteiger partial charge in [-0.2, -0.15) is 5.10 Å². The highest BCUT2D eigenvalue weighted by molar-refractivity contribution is 5.73. The lowest BCUT2D eigenvalue weighted by Gasteiger charge is -2.26. The van der Waals surface area contributed by atoms with E-state index < -0.39 is 10.7 Å². The minimum Gasteiger partial charge on any atom is -0.500 e. The van der Waals surface area contributed by atoms with Gasteiger partial charge in [-0.3, -0.25) is 20.1 Å². The molecule has 25 heavy (non-hydrogen) atoms. The zero-order valence-electron chi connectivity index (χ0n) is 14.4. The molecular weight excluding hydrogens is 324 g/mol. The molecule has 0 bridgehead atoms. The summed E-state index contributed by atoms with van der Waals surface area (Å²) in [6, 6.07) is 2.97. The molecule has 0 atom stereocenters. The average molecular weight is 346 g/mol. The minimum absolute atomic E-state index is 0.102. The minimum atomic E-state index is -0.607. The van der Waals surface area contributed by atoms with E-state index in [0.717, 1.165) is 43.7 Å². The third kappa shape index (κ3) is 3.30. The number of aromatic amines is 1. The second-order valence-corrected chi connectivity index (χ2v) is 6.09. The van der Waals surface area contributed by atoms with Gasteiger partial charge in [-0.25, -0.2) is 0 Å². The Morgan fingerprint density at radius 2 is 2.24 bits per heavy atom. The summed E-state index contributed by atoms with van der Waals surface area (Å²) in [6.45, 7) is 6.94. The van der Waals surface area contributed by atoms with E-state index in [-0.39, 0.29) is 11.4 Å². The van der Waals surface area contributed by atoms with Crippen molar-refractivity contribution in [1.29, 1.82) is 0 Å². The van der Waals surface area contributed by atoms with Gasteiger partial charge in [-0.15, -0.1) is 0 Å². The SMILES string of the molecule is CCCN1CCc2[nH]nc(-c3cc(OCC)c(O)c([N+](=O)[O-])c3)c2C1. The second kappa shape index (κ2) is 7.10. The summed E-state index contributed by atoms with van der Waals surface area (Å²) in [5.74, 6) is -0.350. The van der Waals surface area contributed by atoms with E-state index >= 15 is 0 Å². The molecule has 0 unspecified atom stereocenters. The average Bonchev–Trinajstić information content (AvgIpc) is 3.00. The topological polar surface area (TPSA) is 105 Å². The van der Waals surface area contributed by atoms with Crippen molar-refractivity contribution in [3.63, 3.8) is 0 Å². The van der Waals surface area contributed by atoms with Crippen molar-refractivity contribution in [2.24, 2.45) is 0 Å². The quantitative estimate of drug-likeness (QED) is 0.615. The summed E-state index contributed by atoms with van der Waals surface area (Å²) in [7, 11) is 0. The zero-order chi connectivity index (χ0) is 18.0. The number of benzene rings is 1. The Morgan fingerprint density at radius 1 is 1.44 bits per heavy atom. The molecule has 0 spiro atoms. The van der Waals surface area contributed by atoms with Gasteiger partial charge >= 0.3 is 5.69 Å². The predicted molar refractivity (Wildman–Crippen MR) is 92.8 cm³/mol. The molecule has 134 valence electrons. The van der Waals surface area contributed by atoms with Crippen LogP contribution in [0.2, 0.25) is 0 Å². The van der Waals surface area contributed by atoms with Gasteiger partial charge in [0.15, 0.2) is 5.75 Å². The van der Waals surface area contributed by atoms with Crippen LogP contribution < -0.4 is 4.74 Å². The van der Waals surface area contributed by atoms with E-state index in [1.165, 1.54) is 6.07 Å². The van der Waals surface area contributed by atoms with Crippen molar-refractivity contribution in [2.75, 3.05) is 19.7 Å². The van der Waals surface area contributed by atoms with Crippen LogP contribution in [0.3, 0.4) is 0 Å². The van der Waals surface area contributed by atoms with Crippen molar-refractivity contribution >= 4 is 5.69 Å². The molecule has 0 amide bonds. The summed E-state index contributed by atoms with van der Waals surface area (Å²) in [5.41, 5.74) is 3.00. The highest BCUT2D eigenvalue weighted by Crippen LogP contribution is 2.41. The summed E-state index contributed by atoms with van der Waals surface area (Å²) in [6.07, 6.45) is 1.95. The highest BCUT2D eigenvalue weighted by Gasteiger charge is 2.26. The first-order valence-corrected chi connectivity index (χ1v) is 8.48. The van der Waals surface area contributed by atoms with Crippen LogP contribution in [-0.2, 0) is 13.0 Å². The van der Waals surface area contributed by atoms with Crippen molar-refractivity contribution in [3.8, 4) is 22.8 Å². The number of nitrogens with one attached hydrogen (secondary N) is 1. The van der Waals surface area contributed by atoms with Crippen molar-refractivity contribution in [1.82, 2.24) is 15.1 Å². The molecular formula is C17H22N4O4. The normalized spacial score (nSPS) is 14.3. The van der Waals surface area contributed by atoms with E-state index in [1.807, 2.05) is 0 Å². The molecule has 0 saturated heterocycles. The molecule has 1 aromatic heterocycles. The van der Waals surface area contributed by atoms with Gasteiger partial charge in [0.1, 0.15) is 0 Å². The maximum Gasteiger partial charge on any atom is 0.315 e. The van der Waals surface area contributed by atoms with E-state index in [9.17, 15) is 15.2 Å².